The number of aromatic nitrogens is 2. The largest absolute Gasteiger partial charge is 0.330 e. The first-order chi connectivity index (χ1) is 7.81. The summed E-state index contributed by atoms with van der Waals surface area (Å²) in [6.07, 6.45) is 7.55. The van der Waals surface area contributed by atoms with Crippen molar-refractivity contribution in [2.45, 2.75) is 12.8 Å². The van der Waals surface area contributed by atoms with Gasteiger partial charge >= 0.3 is 0 Å². The zero-order valence-electron chi connectivity index (χ0n) is 8.94. The van der Waals surface area contributed by atoms with Crippen molar-refractivity contribution >= 4 is 15.9 Å². The molecule has 0 aliphatic rings. The van der Waals surface area contributed by atoms with Crippen LogP contribution >= 0.6 is 15.9 Å². The van der Waals surface area contributed by atoms with Crippen molar-refractivity contribution in [3.8, 4) is 5.69 Å². The molecule has 1 aromatic heterocycles. The van der Waals surface area contributed by atoms with Crippen LogP contribution in [0.25, 0.3) is 5.69 Å². The molecule has 0 unspecified atom stereocenters. The molecule has 0 radical (unpaired) electrons. The molecular weight excluding hydrogens is 266 g/mol. The van der Waals surface area contributed by atoms with Crippen LogP contribution in [-0.2, 0) is 6.42 Å². The van der Waals surface area contributed by atoms with Gasteiger partial charge < -0.3 is 10.3 Å². The van der Waals surface area contributed by atoms with Crippen molar-refractivity contribution in [1.29, 1.82) is 0 Å². The van der Waals surface area contributed by atoms with E-state index in [-0.39, 0.29) is 0 Å². The lowest BCUT2D eigenvalue weighted by Crippen LogP contribution is -2.00. The number of benzene rings is 1. The van der Waals surface area contributed by atoms with Crippen LogP contribution in [0.3, 0.4) is 0 Å². The van der Waals surface area contributed by atoms with Crippen LogP contribution < -0.4 is 5.73 Å². The highest BCUT2D eigenvalue weighted by atomic mass is 79.9. The fourth-order valence-electron chi connectivity index (χ4n) is 1.62. The molecule has 0 atom stereocenters. The van der Waals surface area contributed by atoms with E-state index in [2.05, 4.69) is 39.1 Å². The first-order valence-corrected chi connectivity index (χ1v) is 6.07. The van der Waals surface area contributed by atoms with Crippen molar-refractivity contribution < 1.29 is 0 Å². The van der Waals surface area contributed by atoms with E-state index in [0.29, 0.717) is 0 Å². The Morgan fingerprint density at radius 3 is 2.88 bits per heavy atom. The molecule has 0 saturated heterocycles. The quantitative estimate of drug-likeness (QED) is 0.935. The number of rotatable bonds is 4. The summed E-state index contributed by atoms with van der Waals surface area (Å²) >= 11 is 3.58. The second kappa shape index (κ2) is 5.27. The minimum atomic E-state index is 0.737. The van der Waals surface area contributed by atoms with E-state index in [0.717, 1.165) is 29.5 Å². The third kappa shape index (κ3) is 2.51. The first-order valence-electron chi connectivity index (χ1n) is 5.28. The zero-order valence-corrected chi connectivity index (χ0v) is 10.5. The molecule has 2 aromatic rings. The van der Waals surface area contributed by atoms with Gasteiger partial charge in [-0.2, -0.15) is 0 Å². The Kier molecular flexibility index (Phi) is 3.74. The van der Waals surface area contributed by atoms with Gasteiger partial charge in [0.1, 0.15) is 0 Å². The van der Waals surface area contributed by atoms with Gasteiger partial charge in [0.15, 0.2) is 0 Å². The lowest BCUT2D eigenvalue weighted by Gasteiger charge is -2.07. The van der Waals surface area contributed by atoms with E-state index < -0.39 is 0 Å². The van der Waals surface area contributed by atoms with Gasteiger partial charge in [0.05, 0.1) is 12.0 Å². The molecule has 2 N–H and O–H groups in total. The summed E-state index contributed by atoms with van der Waals surface area (Å²) in [6, 6.07) is 6.37. The first kappa shape index (κ1) is 11.4. The van der Waals surface area contributed by atoms with Crippen molar-refractivity contribution in [1.82, 2.24) is 9.55 Å². The van der Waals surface area contributed by atoms with Crippen LogP contribution in [0.2, 0.25) is 0 Å². The van der Waals surface area contributed by atoms with Gasteiger partial charge in [-0.1, -0.05) is 6.07 Å². The van der Waals surface area contributed by atoms with Gasteiger partial charge in [0.2, 0.25) is 0 Å². The van der Waals surface area contributed by atoms with E-state index in [1.165, 1.54) is 5.56 Å². The number of halogens is 1. The summed E-state index contributed by atoms with van der Waals surface area (Å²) in [4.78, 5) is 4.04. The van der Waals surface area contributed by atoms with Gasteiger partial charge in [0.25, 0.3) is 0 Å². The molecule has 1 heterocycles. The Morgan fingerprint density at radius 1 is 1.38 bits per heavy atom. The molecule has 3 nitrogen and oxygen atoms in total. The van der Waals surface area contributed by atoms with Crippen molar-refractivity contribution in [2.24, 2.45) is 5.73 Å². The van der Waals surface area contributed by atoms with Gasteiger partial charge in [-0.25, -0.2) is 4.98 Å². The summed E-state index contributed by atoms with van der Waals surface area (Å²) in [5, 5.41) is 0. The molecule has 0 amide bonds. The van der Waals surface area contributed by atoms with Gasteiger partial charge in [-0.3, -0.25) is 0 Å². The maximum Gasteiger partial charge on any atom is 0.0992 e. The van der Waals surface area contributed by atoms with E-state index >= 15 is 0 Å². The lowest BCUT2D eigenvalue weighted by atomic mass is 10.1. The SMILES string of the molecule is NCCCc1ccc(-n2ccnc2)c(Br)c1. The molecule has 4 heteroatoms. The number of nitrogens with zero attached hydrogens (tertiary/aromatic N) is 2. The third-order valence-corrected chi connectivity index (χ3v) is 3.10. The molecule has 16 heavy (non-hydrogen) atoms. The summed E-state index contributed by atoms with van der Waals surface area (Å²) in [5.41, 5.74) is 7.91. The summed E-state index contributed by atoms with van der Waals surface area (Å²) in [7, 11) is 0. The molecule has 1 aromatic carbocycles. The van der Waals surface area contributed by atoms with Gasteiger partial charge in [-0.05, 0) is 53.0 Å². The van der Waals surface area contributed by atoms with Crippen LogP contribution in [0.1, 0.15) is 12.0 Å². The average molecular weight is 280 g/mol. The van der Waals surface area contributed by atoms with Crippen molar-refractivity contribution in [3.05, 3.63) is 47.0 Å². The zero-order chi connectivity index (χ0) is 11.4. The smallest absolute Gasteiger partial charge is 0.0992 e. The van der Waals surface area contributed by atoms with Crippen LogP contribution in [0, 0.1) is 0 Å². The number of hydrogen-bond donors (Lipinski definition) is 1. The Morgan fingerprint density at radius 2 is 2.25 bits per heavy atom. The molecule has 0 aliphatic heterocycles. The fourth-order valence-corrected chi connectivity index (χ4v) is 2.25. The molecule has 0 fully saturated rings. The highest BCUT2D eigenvalue weighted by molar-refractivity contribution is 9.10. The van der Waals surface area contributed by atoms with Crippen LogP contribution in [0.15, 0.2) is 41.4 Å². The summed E-state index contributed by atoms with van der Waals surface area (Å²) in [5.74, 6) is 0. The number of nitrogens with two attached hydrogens (primary N) is 1. The number of aryl methyl sites for hydroxylation is 1. The van der Waals surface area contributed by atoms with Gasteiger partial charge in [0, 0.05) is 16.9 Å². The highest BCUT2D eigenvalue weighted by Gasteiger charge is 2.02. The number of hydrogen-bond acceptors (Lipinski definition) is 2. The highest BCUT2D eigenvalue weighted by Crippen LogP contribution is 2.22. The lowest BCUT2D eigenvalue weighted by molar-refractivity contribution is 0.831. The monoisotopic (exact) mass is 279 g/mol. The molecule has 2 rings (SSSR count). The standard InChI is InChI=1S/C12H14BrN3/c13-11-8-10(2-1-5-14)3-4-12(11)16-7-6-15-9-16/h3-4,6-9H,1-2,5,14H2. The molecule has 0 aliphatic carbocycles. The third-order valence-electron chi connectivity index (χ3n) is 2.46. The topological polar surface area (TPSA) is 43.8 Å². The van der Waals surface area contributed by atoms with Crippen molar-refractivity contribution in [2.75, 3.05) is 6.54 Å². The molecular formula is C12H14BrN3. The molecule has 0 bridgehead atoms. The average Bonchev–Trinajstić information content (AvgIpc) is 2.80. The predicted molar refractivity (Wildman–Crippen MR) is 68.6 cm³/mol. The van der Waals surface area contributed by atoms with E-state index in [4.69, 9.17) is 5.73 Å². The van der Waals surface area contributed by atoms with Gasteiger partial charge in [-0.15, -0.1) is 0 Å². The summed E-state index contributed by atoms with van der Waals surface area (Å²) in [6.45, 7) is 0.737. The maximum absolute atomic E-state index is 5.50. The Bertz CT molecular complexity index is 451. The molecule has 84 valence electrons. The van der Waals surface area contributed by atoms with Crippen LogP contribution in [0.5, 0.6) is 0 Å². The Balaban J connectivity index is 2.23. The minimum absolute atomic E-state index is 0.737. The second-order valence-corrected chi connectivity index (χ2v) is 4.50. The number of imidazole rings is 1. The molecule has 0 spiro atoms. The van der Waals surface area contributed by atoms with E-state index in [1.807, 2.05) is 10.8 Å². The Labute approximate surface area is 103 Å². The van der Waals surface area contributed by atoms with E-state index in [1.54, 1.807) is 12.5 Å². The normalized spacial score (nSPS) is 10.6. The Hall–Kier alpha value is -1.13. The minimum Gasteiger partial charge on any atom is -0.330 e. The van der Waals surface area contributed by atoms with E-state index in [9.17, 15) is 0 Å². The van der Waals surface area contributed by atoms with Crippen molar-refractivity contribution in [3.63, 3.8) is 0 Å². The predicted octanol–water partition coefficient (Wildman–Crippen LogP) is 2.53. The second-order valence-electron chi connectivity index (χ2n) is 3.65. The van der Waals surface area contributed by atoms with Crippen LogP contribution in [0.4, 0.5) is 0 Å². The molecule has 0 saturated carbocycles. The summed E-state index contributed by atoms with van der Waals surface area (Å²) < 4.78 is 3.07. The fraction of sp³-hybridized carbons (Fsp3) is 0.250. The maximum atomic E-state index is 5.50. The van der Waals surface area contributed by atoms with Crippen LogP contribution in [-0.4, -0.2) is 16.1 Å².